The van der Waals surface area contributed by atoms with Crippen LogP contribution < -0.4 is 5.32 Å². The molecule has 1 rings (SSSR count). The van der Waals surface area contributed by atoms with Crippen LogP contribution in [0.25, 0.3) is 0 Å². The highest BCUT2D eigenvalue weighted by Gasteiger charge is 2.24. The van der Waals surface area contributed by atoms with E-state index in [4.69, 9.17) is 16.3 Å². The van der Waals surface area contributed by atoms with Crippen LogP contribution in [0, 0.1) is 5.92 Å². The van der Waals surface area contributed by atoms with Crippen LogP contribution in [-0.2, 0) is 9.53 Å². The number of carbonyl (C=O) groups excluding carboxylic acids is 1. The minimum absolute atomic E-state index is 0.311. The number of aliphatic hydroxyl groups excluding tert-OH is 1. The number of hydrogen-bond acceptors (Lipinski definition) is 4. The molecule has 3 atom stereocenters. The van der Waals surface area contributed by atoms with E-state index in [0.717, 1.165) is 11.8 Å². The normalized spacial score (nSPS) is 16.5. The van der Waals surface area contributed by atoms with Crippen LogP contribution in [0.5, 0.6) is 0 Å². The topological polar surface area (TPSA) is 58.6 Å². The highest BCUT2D eigenvalue weighted by atomic mass is 35.5. The van der Waals surface area contributed by atoms with Gasteiger partial charge >= 0.3 is 0 Å². The minimum Gasteiger partial charge on any atom is -0.356 e. The largest absolute Gasteiger partial charge is 0.356 e. The molecule has 5 heteroatoms. The molecular weight excluding hydrogens is 278 g/mol. The van der Waals surface area contributed by atoms with Crippen molar-refractivity contribution in [3.05, 3.63) is 34.9 Å². The van der Waals surface area contributed by atoms with Gasteiger partial charge in [-0.2, -0.15) is 0 Å². The van der Waals surface area contributed by atoms with Gasteiger partial charge in [-0.3, -0.25) is 5.32 Å². The molecule has 4 nitrogen and oxygen atoms in total. The lowest BCUT2D eigenvalue weighted by atomic mass is 9.96. The number of benzene rings is 1. The Morgan fingerprint density at radius 3 is 2.30 bits per heavy atom. The smallest absolute Gasteiger partial charge is 0.214 e. The summed E-state index contributed by atoms with van der Waals surface area (Å²) in [5.74, 6) is -0.311. The molecule has 0 bridgehead atoms. The van der Waals surface area contributed by atoms with Crippen LogP contribution >= 0.6 is 11.6 Å². The summed E-state index contributed by atoms with van der Waals surface area (Å²) in [6.45, 7) is 7.32. The lowest BCUT2D eigenvalue weighted by Crippen LogP contribution is -2.42. The molecule has 20 heavy (non-hydrogen) atoms. The van der Waals surface area contributed by atoms with E-state index in [1.165, 1.54) is 0 Å². The van der Waals surface area contributed by atoms with Crippen LogP contribution in [-0.4, -0.2) is 23.4 Å². The minimum atomic E-state index is -1.15. The summed E-state index contributed by atoms with van der Waals surface area (Å²) in [6.07, 6.45) is -0.311. The Labute approximate surface area is 125 Å². The molecule has 0 radical (unpaired) electrons. The molecule has 1 aromatic carbocycles. The van der Waals surface area contributed by atoms with Crippen LogP contribution in [0.1, 0.15) is 39.3 Å². The Morgan fingerprint density at radius 2 is 1.85 bits per heavy atom. The van der Waals surface area contributed by atoms with E-state index in [0.29, 0.717) is 5.02 Å². The van der Waals surface area contributed by atoms with Gasteiger partial charge in [0.25, 0.3) is 0 Å². The Balaban J connectivity index is 2.85. The fourth-order valence-electron chi connectivity index (χ4n) is 1.82. The van der Waals surface area contributed by atoms with Crippen LogP contribution in [0.3, 0.4) is 0 Å². The van der Waals surface area contributed by atoms with Gasteiger partial charge in [0.2, 0.25) is 6.41 Å². The van der Waals surface area contributed by atoms with Crippen molar-refractivity contribution in [3.63, 3.8) is 0 Å². The molecule has 2 N–H and O–H groups in total. The van der Waals surface area contributed by atoms with E-state index < -0.39 is 12.0 Å². The third-order valence-corrected chi connectivity index (χ3v) is 3.01. The number of carbonyl (C=O) groups is 1. The second kappa shape index (κ2) is 7.18. The maximum atomic E-state index is 11.1. The van der Waals surface area contributed by atoms with E-state index in [1.807, 2.05) is 32.9 Å². The average molecular weight is 300 g/mol. The molecule has 0 amide bonds. The van der Waals surface area contributed by atoms with Gasteiger partial charge in [-0.05, 0) is 38.5 Å². The number of rotatable bonds is 6. The second-order valence-electron chi connectivity index (χ2n) is 5.77. The quantitative estimate of drug-likeness (QED) is 0.626. The summed E-state index contributed by atoms with van der Waals surface area (Å²) in [5, 5.41) is 13.5. The van der Waals surface area contributed by atoms with Crippen molar-refractivity contribution in [1.82, 2.24) is 5.32 Å². The third kappa shape index (κ3) is 5.59. The van der Waals surface area contributed by atoms with Gasteiger partial charge in [0.1, 0.15) is 6.29 Å². The lowest BCUT2D eigenvalue weighted by Gasteiger charge is -2.29. The second-order valence-corrected chi connectivity index (χ2v) is 6.21. The van der Waals surface area contributed by atoms with E-state index >= 15 is 0 Å². The van der Waals surface area contributed by atoms with Crippen molar-refractivity contribution in [2.24, 2.45) is 5.92 Å². The number of aldehydes is 1. The zero-order chi connectivity index (χ0) is 15.3. The van der Waals surface area contributed by atoms with Crippen LogP contribution in [0.2, 0.25) is 5.02 Å². The lowest BCUT2D eigenvalue weighted by molar-refractivity contribution is -0.187. The van der Waals surface area contributed by atoms with Gasteiger partial charge in [-0.25, -0.2) is 0 Å². The van der Waals surface area contributed by atoms with E-state index in [1.54, 1.807) is 19.1 Å². The molecule has 112 valence electrons. The van der Waals surface area contributed by atoms with Crippen molar-refractivity contribution in [1.29, 1.82) is 0 Å². The summed E-state index contributed by atoms with van der Waals surface area (Å²) in [5.41, 5.74) is 0.382. The summed E-state index contributed by atoms with van der Waals surface area (Å²) in [7, 11) is 0. The molecule has 0 heterocycles. The predicted molar refractivity (Wildman–Crippen MR) is 79.4 cm³/mol. The molecule has 0 saturated carbocycles. The molecule has 1 aromatic rings. The molecule has 0 aliphatic heterocycles. The number of halogens is 1. The van der Waals surface area contributed by atoms with Gasteiger partial charge in [-0.15, -0.1) is 0 Å². The highest BCUT2D eigenvalue weighted by molar-refractivity contribution is 6.30. The van der Waals surface area contributed by atoms with Crippen molar-refractivity contribution in [3.8, 4) is 0 Å². The summed E-state index contributed by atoms with van der Waals surface area (Å²) in [6, 6.07) is 6.80. The number of ether oxygens (including phenoxy) is 1. The zero-order valence-corrected chi connectivity index (χ0v) is 13.0. The maximum Gasteiger partial charge on any atom is 0.214 e. The molecule has 0 aliphatic carbocycles. The number of nitrogens with one attached hydrogen (secondary N) is 1. The van der Waals surface area contributed by atoms with Crippen molar-refractivity contribution < 1.29 is 14.6 Å². The average Bonchev–Trinajstić information content (AvgIpc) is 2.34. The van der Waals surface area contributed by atoms with Gasteiger partial charge in [0, 0.05) is 17.0 Å². The first-order chi connectivity index (χ1) is 9.23. The third-order valence-electron chi connectivity index (χ3n) is 2.76. The summed E-state index contributed by atoms with van der Waals surface area (Å²) < 4.78 is 5.41. The van der Waals surface area contributed by atoms with Gasteiger partial charge in [0.05, 0.1) is 5.60 Å². The monoisotopic (exact) mass is 299 g/mol. The molecule has 0 spiro atoms. The standard InChI is InChI=1S/C15H22ClNO3/c1-10(9-18)13(11-5-7-12(16)8-6-11)17-14(19)20-15(2,3)4/h5-10,13-14,17,19H,1-4H3/t10-,13+,14?/m1/s1. The first kappa shape index (κ1) is 17.1. The fraction of sp³-hybridized carbons (Fsp3) is 0.533. The maximum absolute atomic E-state index is 11.1. The highest BCUT2D eigenvalue weighted by Crippen LogP contribution is 2.23. The fourth-order valence-corrected chi connectivity index (χ4v) is 1.95. The predicted octanol–water partition coefficient (Wildman–Crippen LogP) is 2.90. The zero-order valence-electron chi connectivity index (χ0n) is 12.3. The molecular formula is C15H22ClNO3. The molecule has 1 unspecified atom stereocenters. The molecule has 0 saturated heterocycles. The summed E-state index contributed by atoms with van der Waals surface area (Å²) in [4.78, 5) is 11.1. The Hall–Kier alpha value is -0.940. The molecule has 0 aromatic heterocycles. The van der Waals surface area contributed by atoms with Gasteiger partial charge in [-0.1, -0.05) is 30.7 Å². The van der Waals surface area contributed by atoms with E-state index in [2.05, 4.69) is 5.32 Å². The number of aliphatic hydroxyl groups is 1. The van der Waals surface area contributed by atoms with E-state index in [-0.39, 0.29) is 12.0 Å². The van der Waals surface area contributed by atoms with Crippen LogP contribution in [0.15, 0.2) is 24.3 Å². The Morgan fingerprint density at radius 1 is 1.30 bits per heavy atom. The SMILES string of the molecule is C[C@H](C=O)[C@H](NC(O)OC(C)(C)C)c1ccc(Cl)cc1. The number of hydrogen-bond donors (Lipinski definition) is 2. The Kier molecular flexibility index (Phi) is 6.14. The van der Waals surface area contributed by atoms with Crippen molar-refractivity contribution in [2.75, 3.05) is 0 Å². The molecule has 0 aliphatic rings. The van der Waals surface area contributed by atoms with Crippen molar-refractivity contribution in [2.45, 2.75) is 45.8 Å². The first-order valence-electron chi connectivity index (χ1n) is 6.55. The molecule has 0 fully saturated rings. The van der Waals surface area contributed by atoms with Gasteiger partial charge < -0.3 is 14.6 Å². The first-order valence-corrected chi connectivity index (χ1v) is 6.93. The van der Waals surface area contributed by atoms with Crippen LogP contribution in [0.4, 0.5) is 0 Å². The Bertz CT molecular complexity index is 428. The van der Waals surface area contributed by atoms with Crippen molar-refractivity contribution >= 4 is 17.9 Å². The van der Waals surface area contributed by atoms with Gasteiger partial charge in [0.15, 0.2) is 0 Å². The van der Waals surface area contributed by atoms with E-state index in [9.17, 15) is 9.90 Å². The summed E-state index contributed by atoms with van der Waals surface area (Å²) >= 11 is 5.86.